The number of carbonyl (C=O) groups excluding carboxylic acids is 1. The number of ether oxygens (including phenoxy) is 1. The highest BCUT2D eigenvalue weighted by atomic mass is 35.5. The van der Waals surface area contributed by atoms with Crippen LogP contribution in [0.2, 0.25) is 5.02 Å². The van der Waals surface area contributed by atoms with E-state index in [-0.39, 0.29) is 5.97 Å². The molecule has 0 fully saturated rings. The van der Waals surface area contributed by atoms with Crippen LogP contribution >= 0.6 is 11.6 Å². The van der Waals surface area contributed by atoms with Crippen LogP contribution in [0.25, 0.3) is 22.0 Å². The Kier molecular flexibility index (Phi) is 6.19. The molecule has 0 saturated carbocycles. The third-order valence-electron chi connectivity index (χ3n) is 4.99. The average Bonchev–Trinajstić information content (AvgIpc) is 3.02. The number of benzene rings is 2. The van der Waals surface area contributed by atoms with Crippen LogP contribution in [0.1, 0.15) is 24.3 Å². The smallest absolute Gasteiger partial charge is 0.355 e. The first-order valence-electron chi connectivity index (χ1n) is 9.28. The molecule has 5 heteroatoms. The Morgan fingerprint density at radius 2 is 1.78 bits per heavy atom. The molecule has 0 saturated heterocycles. The van der Waals surface area contributed by atoms with Crippen LogP contribution < -0.4 is 0 Å². The van der Waals surface area contributed by atoms with Gasteiger partial charge in [0.2, 0.25) is 0 Å². The predicted molar refractivity (Wildman–Crippen MR) is 112 cm³/mol. The summed E-state index contributed by atoms with van der Waals surface area (Å²) in [6.45, 7) is 7.78. The van der Waals surface area contributed by atoms with Gasteiger partial charge in [0, 0.05) is 28.9 Å². The van der Waals surface area contributed by atoms with Gasteiger partial charge in [0.15, 0.2) is 0 Å². The third kappa shape index (κ3) is 3.87. The fourth-order valence-corrected chi connectivity index (χ4v) is 3.72. The van der Waals surface area contributed by atoms with Crippen molar-refractivity contribution in [1.29, 1.82) is 0 Å². The van der Waals surface area contributed by atoms with Crippen molar-refractivity contribution in [3.05, 3.63) is 59.2 Å². The zero-order chi connectivity index (χ0) is 19.4. The number of fused-ring (bicyclic) bond motifs is 1. The van der Waals surface area contributed by atoms with Gasteiger partial charge in [-0.15, -0.1) is 0 Å². The normalized spacial score (nSPS) is 11.3. The van der Waals surface area contributed by atoms with Gasteiger partial charge in [-0.1, -0.05) is 61.8 Å². The zero-order valence-electron chi connectivity index (χ0n) is 16.0. The fourth-order valence-electron chi connectivity index (χ4n) is 3.55. The van der Waals surface area contributed by atoms with E-state index in [1.807, 2.05) is 36.4 Å². The maximum Gasteiger partial charge on any atom is 0.355 e. The summed E-state index contributed by atoms with van der Waals surface area (Å²) in [5, 5.41) is 2.48. The van der Waals surface area contributed by atoms with Crippen LogP contribution in [-0.2, 0) is 11.3 Å². The summed E-state index contributed by atoms with van der Waals surface area (Å²) in [5.41, 5.74) is 2.63. The van der Waals surface area contributed by atoms with Crippen LogP contribution in [-0.4, -0.2) is 42.2 Å². The van der Waals surface area contributed by atoms with Crippen LogP contribution in [0, 0.1) is 0 Å². The van der Waals surface area contributed by atoms with Crippen molar-refractivity contribution in [2.24, 2.45) is 0 Å². The van der Waals surface area contributed by atoms with Crippen molar-refractivity contribution in [3.63, 3.8) is 0 Å². The molecule has 0 radical (unpaired) electrons. The van der Waals surface area contributed by atoms with Gasteiger partial charge in [0.1, 0.15) is 5.69 Å². The maximum atomic E-state index is 12.7. The predicted octanol–water partition coefficient (Wildman–Crippen LogP) is 5.09. The van der Waals surface area contributed by atoms with Gasteiger partial charge in [-0.25, -0.2) is 4.79 Å². The largest absolute Gasteiger partial charge is 0.464 e. The first-order valence-corrected chi connectivity index (χ1v) is 9.66. The SMILES string of the molecule is CCN(CC)CCn1c(C(=O)OC)c2ccc(Cl)cc2c1-c1ccccc1. The highest BCUT2D eigenvalue weighted by Gasteiger charge is 2.24. The van der Waals surface area contributed by atoms with Gasteiger partial charge in [-0.2, -0.15) is 0 Å². The Morgan fingerprint density at radius 1 is 1.07 bits per heavy atom. The number of methoxy groups -OCH3 is 1. The summed E-state index contributed by atoms with van der Waals surface area (Å²) in [5.74, 6) is -0.330. The molecule has 142 valence electrons. The lowest BCUT2D eigenvalue weighted by Crippen LogP contribution is -2.28. The van der Waals surface area contributed by atoms with Gasteiger partial charge >= 0.3 is 5.97 Å². The number of hydrogen-bond acceptors (Lipinski definition) is 3. The molecule has 0 aliphatic rings. The van der Waals surface area contributed by atoms with E-state index in [0.717, 1.165) is 41.7 Å². The molecule has 1 heterocycles. The van der Waals surface area contributed by atoms with Crippen molar-refractivity contribution < 1.29 is 9.53 Å². The summed E-state index contributed by atoms with van der Waals surface area (Å²) in [6, 6.07) is 15.8. The van der Waals surface area contributed by atoms with E-state index in [1.54, 1.807) is 0 Å². The molecule has 0 N–H and O–H groups in total. The molecule has 0 atom stereocenters. The van der Waals surface area contributed by atoms with E-state index in [1.165, 1.54) is 7.11 Å². The van der Waals surface area contributed by atoms with Crippen molar-refractivity contribution in [2.45, 2.75) is 20.4 Å². The highest BCUT2D eigenvalue weighted by molar-refractivity contribution is 6.31. The molecule has 3 rings (SSSR count). The lowest BCUT2D eigenvalue weighted by Gasteiger charge is -2.20. The number of hydrogen-bond donors (Lipinski definition) is 0. The molecule has 1 aromatic heterocycles. The van der Waals surface area contributed by atoms with Crippen LogP contribution in [0.15, 0.2) is 48.5 Å². The summed E-state index contributed by atoms with van der Waals surface area (Å²) < 4.78 is 7.20. The van der Waals surface area contributed by atoms with E-state index in [2.05, 4.69) is 35.4 Å². The fraction of sp³-hybridized carbons (Fsp3) is 0.318. The Labute approximate surface area is 165 Å². The summed E-state index contributed by atoms with van der Waals surface area (Å²) >= 11 is 6.29. The molecule has 0 amide bonds. The number of rotatable bonds is 7. The van der Waals surface area contributed by atoms with E-state index in [4.69, 9.17) is 16.3 Å². The quantitative estimate of drug-likeness (QED) is 0.532. The molecule has 4 nitrogen and oxygen atoms in total. The number of esters is 1. The van der Waals surface area contributed by atoms with E-state index in [9.17, 15) is 4.79 Å². The monoisotopic (exact) mass is 384 g/mol. The molecule has 0 unspecified atom stereocenters. The van der Waals surface area contributed by atoms with Gasteiger partial charge < -0.3 is 14.2 Å². The molecular weight excluding hydrogens is 360 g/mol. The molecule has 27 heavy (non-hydrogen) atoms. The standard InChI is InChI=1S/C22H25ClN2O2/c1-4-24(5-2)13-14-25-20(16-9-7-6-8-10-16)19-15-17(23)11-12-18(19)21(25)22(26)27-3/h6-12,15H,4-5,13-14H2,1-3H3. The Balaban J connectivity index is 2.26. The number of halogens is 1. The van der Waals surface area contributed by atoms with Gasteiger partial charge in [0.05, 0.1) is 12.8 Å². The van der Waals surface area contributed by atoms with Crippen molar-refractivity contribution in [3.8, 4) is 11.3 Å². The second-order valence-electron chi connectivity index (χ2n) is 6.42. The van der Waals surface area contributed by atoms with E-state index >= 15 is 0 Å². The van der Waals surface area contributed by atoms with Crippen LogP contribution in [0.5, 0.6) is 0 Å². The third-order valence-corrected chi connectivity index (χ3v) is 5.23. The summed E-state index contributed by atoms with van der Waals surface area (Å²) in [6.07, 6.45) is 0. The zero-order valence-corrected chi connectivity index (χ0v) is 16.8. The molecule has 0 spiro atoms. The lowest BCUT2D eigenvalue weighted by molar-refractivity contribution is 0.0590. The van der Waals surface area contributed by atoms with Crippen molar-refractivity contribution >= 4 is 28.3 Å². The topological polar surface area (TPSA) is 34.5 Å². The van der Waals surface area contributed by atoms with Gasteiger partial charge in [0.25, 0.3) is 0 Å². The Morgan fingerprint density at radius 3 is 2.41 bits per heavy atom. The maximum absolute atomic E-state index is 12.7. The Bertz CT molecular complexity index is 930. The van der Waals surface area contributed by atoms with Gasteiger partial charge in [-0.05, 0) is 30.8 Å². The molecular formula is C22H25ClN2O2. The minimum atomic E-state index is -0.330. The summed E-state index contributed by atoms with van der Waals surface area (Å²) in [7, 11) is 1.42. The minimum absolute atomic E-state index is 0.330. The Hall–Kier alpha value is -2.30. The second-order valence-corrected chi connectivity index (χ2v) is 6.86. The van der Waals surface area contributed by atoms with Crippen molar-refractivity contribution in [2.75, 3.05) is 26.7 Å². The number of likely N-dealkylation sites (N-methyl/N-ethyl adjacent to an activating group) is 1. The van der Waals surface area contributed by atoms with Crippen LogP contribution in [0.4, 0.5) is 0 Å². The average molecular weight is 385 g/mol. The van der Waals surface area contributed by atoms with Crippen LogP contribution in [0.3, 0.4) is 0 Å². The van der Waals surface area contributed by atoms with Gasteiger partial charge in [-0.3, -0.25) is 0 Å². The number of nitrogens with zero attached hydrogens (tertiary/aromatic N) is 2. The number of carbonyl (C=O) groups is 1. The first kappa shape index (κ1) is 19.5. The molecule has 0 aliphatic carbocycles. The lowest BCUT2D eigenvalue weighted by atomic mass is 10.1. The first-order chi connectivity index (χ1) is 13.1. The molecule has 0 bridgehead atoms. The molecule has 0 aliphatic heterocycles. The van der Waals surface area contributed by atoms with Crippen molar-refractivity contribution in [1.82, 2.24) is 9.47 Å². The van der Waals surface area contributed by atoms with E-state index < -0.39 is 0 Å². The number of aromatic nitrogens is 1. The molecule has 2 aromatic carbocycles. The second kappa shape index (κ2) is 8.59. The van der Waals surface area contributed by atoms with E-state index in [0.29, 0.717) is 17.3 Å². The summed E-state index contributed by atoms with van der Waals surface area (Å²) in [4.78, 5) is 15.0. The minimum Gasteiger partial charge on any atom is -0.464 e. The highest BCUT2D eigenvalue weighted by Crippen LogP contribution is 2.36. The molecule has 3 aromatic rings.